The number of guanidine groups is 1. The maximum absolute atomic E-state index is 12.1. The lowest BCUT2D eigenvalue weighted by Gasteiger charge is -2.41. The summed E-state index contributed by atoms with van der Waals surface area (Å²) in [5.41, 5.74) is 0. The van der Waals surface area contributed by atoms with Crippen LogP contribution in [0.5, 0.6) is 0 Å². The first-order valence-electron chi connectivity index (χ1n) is 11.0. The van der Waals surface area contributed by atoms with Gasteiger partial charge in [-0.2, -0.15) is 0 Å². The van der Waals surface area contributed by atoms with Gasteiger partial charge >= 0.3 is 0 Å². The van der Waals surface area contributed by atoms with Gasteiger partial charge in [-0.15, -0.1) is 24.0 Å². The molecule has 2 aliphatic heterocycles. The predicted octanol–water partition coefficient (Wildman–Crippen LogP) is 2.69. The minimum absolute atomic E-state index is 0. The number of carbonyl (C=O) groups excluding carboxylic acids is 1. The molecule has 3 aliphatic rings. The number of ether oxygens (including phenoxy) is 2. The van der Waals surface area contributed by atoms with E-state index in [9.17, 15) is 4.79 Å². The highest BCUT2D eigenvalue weighted by Gasteiger charge is 2.42. The van der Waals surface area contributed by atoms with Gasteiger partial charge < -0.3 is 24.6 Å². The van der Waals surface area contributed by atoms with Crippen molar-refractivity contribution in [3.8, 4) is 0 Å². The van der Waals surface area contributed by atoms with Crippen molar-refractivity contribution in [2.75, 3.05) is 53.5 Å². The maximum atomic E-state index is 12.1. The number of likely N-dealkylation sites (tertiary alicyclic amines) is 1. The van der Waals surface area contributed by atoms with Crippen LogP contribution in [0.2, 0.25) is 0 Å². The van der Waals surface area contributed by atoms with Crippen LogP contribution in [-0.4, -0.2) is 80.9 Å². The summed E-state index contributed by atoms with van der Waals surface area (Å²) in [6.07, 6.45) is 8.78. The van der Waals surface area contributed by atoms with Crippen LogP contribution in [0.4, 0.5) is 0 Å². The molecule has 29 heavy (non-hydrogen) atoms. The fourth-order valence-electron chi connectivity index (χ4n) is 4.54. The summed E-state index contributed by atoms with van der Waals surface area (Å²) in [5, 5.41) is 3.60. The molecule has 3 fully saturated rings. The number of likely N-dealkylation sites (N-methyl/N-ethyl adjacent to an activating group) is 1. The topological polar surface area (TPSA) is 66.4 Å². The molecule has 1 aliphatic carbocycles. The third-order valence-corrected chi connectivity index (χ3v) is 6.46. The molecule has 1 atom stereocenters. The molecule has 1 unspecified atom stereocenters. The Morgan fingerprint density at radius 1 is 1.14 bits per heavy atom. The number of aliphatic imine (C=N–C) groups is 1. The average Bonchev–Trinajstić information content (AvgIpc) is 3.16. The number of nitrogens with zero attached hydrogens (tertiary/aromatic N) is 3. The molecule has 168 valence electrons. The van der Waals surface area contributed by atoms with Gasteiger partial charge in [-0.25, -0.2) is 4.99 Å². The molecule has 7 nitrogen and oxygen atoms in total. The first kappa shape index (κ1) is 24.7. The van der Waals surface area contributed by atoms with Gasteiger partial charge in [0, 0.05) is 39.6 Å². The lowest BCUT2D eigenvalue weighted by molar-refractivity contribution is -0.189. The number of nitrogens with one attached hydrogen (secondary N) is 1. The molecule has 0 aromatic heterocycles. The van der Waals surface area contributed by atoms with E-state index in [2.05, 4.69) is 17.1 Å². The summed E-state index contributed by atoms with van der Waals surface area (Å²) in [6.45, 7) is 6.35. The Hall–Kier alpha value is -0.610. The highest BCUT2D eigenvalue weighted by Crippen LogP contribution is 2.34. The molecule has 1 saturated carbocycles. The molecule has 0 aromatic carbocycles. The Labute approximate surface area is 193 Å². The number of hydrogen-bond acceptors (Lipinski definition) is 4. The Morgan fingerprint density at radius 3 is 2.48 bits per heavy atom. The molecule has 0 aromatic rings. The molecule has 0 radical (unpaired) electrons. The first-order chi connectivity index (χ1) is 13.5. The monoisotopic (exact) mass is 522 g/mol. The van der Waals surface area contributed by atoms with Crippen molar-refractivity contribution < 1.29 is 14.3 Å². The molecule has 1 N–H and O–H groups in total. The zero-order valence-electron chi connectivity index (χ0n) is 18.3. The fourth-order valence-corrected chi connectivity index (χ4v) is 4.54. The van der Waals surface area contributed by atoms with Crippen molar-refractivity contribution in [1.82, 2.24) is 15.1 Å². The van der Waals surface area contributed by atoms with Crippen molar-refractivity contribution in [3.63, 3.8) is 0 Å². The summed E-state index contributed by atoms with van der Waals surface area (Å²) < 4.78 is 11.8. The molecule has 8 heteroatoms. The molecule has 0 bridgehead atoms. The van der Waals surface area contributed by atoms with Gasteiger partial charge in [0.05, 0.1) is 13.2 Å². The number of halogens is 1. The van der Waals surface area contributed by atoms with Gasteiger partial charge in [0.1, 0.15) is 6.54 Å². The molecule has 3 rings (SSSR count). The van der Waals surface area contributed by atoms with Crippen molar-refractivity contribution in [2.45, 2.75) is 57.7 Å². The lowest BCUT2D eigenvalue weighted by atomic mass is 9.89. The van der Waals surface area contributed by atoms with E-state index in [0.29, 0.717) is 25.0 Å². The molecule has 2 saturated heterocycles. The second-order valence-electron chi connectivity index (χ2n) is 8.81. The first-order valence-corrected chi connectivity index (χ1v) is 11.0. The minimum Gasteiger partial charge on any atom is -0.356 e. The van der Waals surface area contributed by atoms with Gasteiger partial charge in [0.2, 0.25) is 5.91 Å². The van der Waals surface area contributed by atoms with E-state index in [0.717, 1.165) is 38.4 Å². The van der Waals surface area contributed by atoms with Crippen molar-refractivity contribution >= 4 is 35.8 Å². The van der Waals surface area contributed by atoms with E-state index < -0.39 is 5.79 Å². The van der Waals surface area contributed by atoms with Crippen molar-refractivity contribution in [3.05, 3.63) is 0 Å². The van der Waals surface area contributed by atoms with E-state index in [1.54, 1.807) is 19.0 Å². The van der Waals surface area contributed by atoms with Gasteiger partial charge in [-0.05, 0) is 38.5 Å². The van der Waals surface area contributed by atoms with E-state index in [4.69, 9.17) is 14.5 Å². The zero-order chi connectivity index (χ0) is 20.0. The van der Waals surface area contributed by atoms with E-state index >= 15 is 0 Å². The summed E-state index contributed by atoms with van der Waals surface area (Å²) in [5.74, 6) is 1.43. The lowest BCUT2D eigenvalue weighted by Crippen LogP contribution is -2.52. The maximum Gasteiger partial charge on any atom is 0.243 e. The standard InChI is InChI=1S/C21H38N4O3.HI/c1-21(27-12-13-28-21)18-10-7-11-25(16-18)20(23-15-19(26)24(2)3)22-14-17-8-5-4-6-9-17;/h17-18H,4-16H2,1-3H3,(H,22,23);1H. The fraction of sp³-hybridized carbons (Fsp3) is 0.905. The number of amides is 1. The van der Waals surface area contributed by atoms with E-state index in [1.807, 2.05) is 0 Å². The van der Waals surface area contributed by atoms with E-state index in [1.165, 1.54) is 32.1 Å². The van der Waals surface area contributed by atoms with Crippen molar-refractivity contribution in [1.29, 1.82) is 0 Å². The highest BCUT2D eigenvalue weighted by molar-refractivity contribution is 14.0. The molecule has 1 amide bonds. The van der Waals surface area contributed by atoms with E-state index in [-0.39, 0.29) is 36.4 Å². The number of rotatable bonds is 5. The SMILES string of the molecule is CN(C)C(=O)CN=C(NCC1CCCCC1)N1CCCC(C2(C)OCCO2)C1.I. The second-order valence-corrected chi connectivity index (χ2v) is 8.81. The van der Waals surface area contributed by atoms with Crippen LogP contribution in [0.25, 0.3) is 0 Å². The summed E-state index contributed by atoms with van der Waals surface area (Å²) >= 11 is 0. The van der Waals surface area contributed by atoms with Crippen LogP contribution < -0.4 is 5.32 Å². The molecule has 0 spiro atoms. The van der Waals surface area contributed by atoms with Gasteiger partial charge in [-0.3, -0.25) is 4.79 Å². The van der Waals surface area contributed by atoms with Crippen LogP contribution in [0.3, 0.4) is 0 Å². The third-order valence-electron chi connectivity index (χ3n) is 6.46. The zero-order valence-corrected chi connectivity index (χ0v) is 20.7. The minimum atomic E-state index is -0.493. The summed E-state index contributed by atoms with van der Waals surface area (Å²) in [4.78, 5) is 20.7. The van der Waals surface area contributed by atoms with Crippen LogP contribution in [0.1, 0.15) is 51.9 Å². The highest BCUT2D eigenvalue weighted by atomic mass is 127. The molecular formula is C21H39IN4O3. The molecule has 2 heterocycles. The van der Waals surface area contributed by atoms with Gasteiger partial charge in [0.25, 0.3) is 0 Å². The van der Waals surface area contributed by atoms with Crippen LogP contribution >= 0.6 is 24.0 Å². The largest absolute Gasteiger partial charge is 0.356 e. The van der Waals surface area contributed by atoms with Crippen molar-refractivity contribution in [2.24, 2.45) is 16.8 Å². The van der Waals surface area contributed by atoms with Crippen LogP contribution in [-0.2, 0) is 14.3 Å². The van der Waals surface area contributed by atoms with Crippen LogP contribution in [0, 0.1) is 11.8 Å². The quantitative estimate of drug-likeness (QED) is 0.342. The normalized spacial score (nSPS) is 25.4. The average molecular weight is 522 g/mol. The number of hydrogen-bond donors (Lipinski definition) is 1. The Kier molecular flexibility index (Phi) is 9.94. The number of piperidine rings is 1. The van der Waals surface area contributed by atoms with Crippen LogP contribution in [0.15, 0.2) is 4.99 Å². The Bertz CT molecular complexity index is 546. The Balaban J connectivity index is 0.00000300. The summed E-state index contributed by atoms with van der Waals surface area (Å²) in [6, 6.07) is 0. The second kappa shape index (κ2) is 11.7. The summed E-state index contributed by atoms with van der Waals surface area (Å²) in [7, 11) is 3.55. The smallest absolute Gasteiger partial charge is 0.243 e. The van der Waals surface area contributed by atoms with Gasteiger partial charge in [0.15, 0.2) is 11.7 Å². The predicted molar refractivity (Wildman–Crippen MR) is 126 cm³/mol. The number of carbonyl (C=O) groups is 1. The third kappa shape index (κ3) is 6.95. The molecular weight excluding hydrogens is 483 g/mol. The Morgan fingerprint density at radius 2 is 1.83 bits per heavy atom. The van der Waals surface area contributed by atoms with Gasteiger partial charge in [-0.1, -0.05) is 19.3 Å².